The van der Waals surface area contributed by atoms with Gasteiger partial charge >= 0.3 is 16.4 Å². The van der Waals surface area contributed by atoms with Gasteiger partial charge in [-0.15, -0.1) is 4.28 Å². The van der Waals surface area contributed by atoms with Gasteiger partial charge in [0.05, 0.1) is 12.6 Å². The van der Waals surface area contributed by atoms with Crippen molar-refractivity contribution in [1.29, 1.82) is 0 Å². The largest absolute Gasteiger partial charge is 0.418 e. The Labute approximate surface area is 157 Å². The molecule has 1 spiro atoms. The van der Waals surface area contributed by atoms with Gasteiger partial charge in [0.15, 0.2) is 0 Å². The van der Waals surface area contributed by atoms with Gasteiger partial charge in [-0.25, -0.2) is 10.3 Å². The van der Waals surface area contributed by atoms with Crippen molar-refractivity contribution in [3.05, 3.63) is 0 Å². The summed E-state index contributed by atoms with van der Waals surface area (Å²) in [5, 5.41) is 0.741. The second-order valence-electron chi connectivity index (χ2n) is 8.04. The molecule has 0 aromatic heterocycles. The molecule has 2 saturated carbocycles. The number of hydrogen-bond donors (Lipinski definition) is 3. The van der Waals surface area contributed by atoms with Gasteiger partial charge < -0.3 is 10.6 Å². The molecule has 0 aromatic carbocycles. The minimum absolute atomic E-state index is 0.0403. The van der Waals surface area contributed by atoms with Gasteiger partial charge in [-0.2, -0.15) is 13.5 Å². The number of nitrogens with one attached hydrogen (secondary N) is 1. The third kappa shape index (κ3) is 3.90. The van der Waals surface area contributed by atoms with Crippen molar-refractivity contribution in [3.63, 3.8) is 0 Å². The zero-order valence-electron chi connectivity index (χ0n) is 14.7. The van der Waals surface area contributed by atoms with Gasteiger partial charge in [-0.3, -0.25) is 14.2 Å². The highest BCUT2D eigenvalue weighted by molar-refractivity contribution is 7.80. The van der Waals surface area contributed by atoms with Gasteiger partial charge in [-0.1, -0.05) is 0 Å². The lowest BCUT2D eigenvalue weighted by molar-refractivity contribution is -0.135. The Hall–Kier alpha value is -1.47. The molecule has 152 valence electrons. The third-order valence-electron chi connectivity index (χ3n) is 6.05. The van der Waals surface area contributed by atoms with Crippen LogP contribution < -0.4 is 11.2 Å². The monoisotopic (exact) mass is 404 g/mol. The van der Waals surface area contributed by atoms with Crippen LogP contribution in [0.25, 0.3) is 0 Å². The molecule has 2 aliphatic carbocycles. The zero-order chi connectivity index (χ0) is 19.4. The predicted molar refractivity (Wildman–Crippen MR) is 89.8 cm³/mol. The maximum absolute atomic E-state index is 12.5. The Kier molecular flexibility index (Phi) is 4.58. The zero-order valence-corrected chi connectivity index (χ0v) is 15.6. The quantitative estimate of drug-likeness (QED) is 0.364. The fourth-order valence-electron chi connectivity index (χ4n) is 4.26. The first kappa shape index (κ1) is 18.9. The van der Waals surface area contributed by atoms with Crippen LogP contribution in [0.2, 0.25) is 0 Å². The molecule has 2 aliphatic heterocycles. The lowest BCUT2D eigenvalue weighted by Gasteiger charge is -2.36. The molecule has 27 heavy (non-hydrogen) atoms. The molecule has 11 nitrogen and oxygen atoms in total. The molecule has 2 heterocycles. The van der Waals surface area contributed by atoms with E-state index in [9.17, 15) is 18.0 Å². The van der Waals surface area contributed by atoms with Crippen LogP contribution in [0.15, 0.2) is 0 Å². The average Bonchev–Trinajstić information content (AvgIpc) is 3.47. The number of nitrogens with two attached hydrogens (primary N) is 1. The van der Waals surface area contributed by atoms with Crippen molar-refractivity contribution in [2.75, 3.05) is 13.2 Å². The number of hydrogen-bond acceptors (Lipinski definition) is 7. The maximum Gasteiger partial charge on any atom is 0.418 e. The van der Waals surface area contributed by atoms with E-state index in [0.29, 0.717) is 12.3 Å². The molecule has 0 aromatic rings. The summed E-state index contributed by atoms with van der Waals surface area (Å²) in [5.74, 6) is 0.0992. The number of hydroxylamine groups is 3. The molecular formula is C15H24N4O7S. The first-order valence-electron chi connectivity index (χ1n) is 9.12. The molecule has 4 N–H and O–H groups in total. The molecule has 2 bridgehead atoms. The maximum atomic E-state index is 12.5. The molecule has 0 radical (unpaired) electrons. The summed E-state index contributed by atoms with van der Waals surface area (Å²) >= 11 is 0. The van der Waals surface area contributed by atoms with E-state index in [0.717, 1.165) is 30.7 Å². The number of rotatable bonds is 8. The number of piperidine rings is 1. The lowest BCUT2D eigenvalue weighted by Crippen LogP contribution is -2.47. The normalized spacial score (nSPS) is 29.9. The van der Waals surface area contributed by atoms with E-state index in [1.165, 1.54) is 4.90 Å². The Bertz CT molecular complexity index is 736. The predicted octanol–water partition coefficient (Wildman–Crippen LogP) is -0.445. The molecule has 4 aliphatic rings. The Morgan fingerprint density at radius 2 is 2.11 bits per heavy atom. The highest BCUT2D eigenvalue weighted by Gasteiger charge is 2.63. The summed E-state index contributed by atoms with van der Waals surface area (Å²) in [5.41, 5.74) is 8.01. The summed E-state index contributed by atoms with van der Waals surface area (Å²) in [6.45, 7) is 0.505. The van der Waals surface area contributed by atoms with Crippen molar-refractivity contribution in [3.8, 4) is 0 Å². The second kappa shape index (κ2) is 6.55. The van der Waals surface area contributed by atoms with Crippen LogP contribution in [-0.2, 0) is 24.3 Å². The fourth-order valence-corrected chi connectivity index (χ4v) is 4.63. The summed E-state index contributed by atoms with van der Waals surface area (Å²) in [6.07, 6.45) is 4.41. The Morgan fingerprint density at radius 3 is 2.70 bits per heavy atom. The molecule has 2 saturated heterocycles. The van der Waals surface area contributed by atoms with E-state index in [1.807, 2.05) is 0 Å². The van der Waals surface area contributed by atoms with Gasteiger partial charge in [0, 0.05) is 25.0 Å². The number of nitrogens with zero attached hydrogens (tertiary/aromatic N) is 2. The van der Waals surface area contributed by atoms with Crippen molar-refractivity contribution in [1.82, 2.24) is 15.4 Å². The topological polar surface area (TPSA) is 151 Å². The van der Waals surface area contributed by atoms with Crippen LogP contribution in [0.1, 0.15) is 38.5 Å². The minimum atomic E-state index is -4.80. The van der Waals surface area contributed by atoms with Gasteiger partial charge in [0.25, 0.3) is 0 Å². The number of fused-ring (bicyclic) bond motifs is 3. The number of carbonyl (C=O) groups is 2. The minimum Gasteiger partial charge on any atom is -0.325 e. The smallest absolute Gasteiger partial charge is 0.325 e. The second-order valence-corrected chi connectivity index (χ2v) is 9.05. The van der Waals surface area contributed by atoms with Crippen molar-refractivity contribution >= 4 is 22.3 Å². The Balaban J connectivity index is 1.35. The molecule has 4 fully saturated rings. The van der Waals surface area contributed by atoms with Gasteiger partial charge in [0.1, 0.15) is 0 Å². The van der Waals surface area contributed by atoms with Crippen LogP contribution >= 0.6 is 0 Å². The standard InChI is InChI=1S/C15H24N4O7S/c16-11(9-1-2-9)8-25-17-13(20)5-10-6-15(3-4-15)12-7-18(10)14(21)19(12)26-27(22,23)24/h9-12H,1-8,16H2,(H,17,20)(H,22,23,24). The van der Waals surface area contributed by atoms with Crippen LogP contribution in [0.4, 0.5) is 4.79 Å². The first-order chi connectivity index (χ1) is 12.7. The number of amides is 3. The van der Waals surface area contributed by atoms with E-state index >= 15 is 0 Å². The van der Waals surface area contributed by atoms with E-state index in [4.69, 9.17) is 15.1 Å². The Morgan fingerprint density at radius 1 is 1.41 bits per heavy atom. The molecule has 4 rings (SSSR count). The van der Waals surface area contributed by atoms with Gasteiger partial charge in [0.2, 0.25) is 5.91 Å². The molecule has 3 unspecified atom stereocenters. The lowest BCUT2D eigenvalue weighted by atomic mass is 9.84. The highest BCUT2D eigenvalue weighted by atomic mass is 32.3. The van der Waals surface area contributed by atoms with Crippen LogP contribution in [0.5, 0.6) is 0 Å². The SMILES string of the molecule is NC(CONC(=O)CC1CC2(CC2)C2CN1C(=O)N2OS(=O)(=O)O)C1CC1. The molecule has 3 atom stereocenters. The average molecular weight is 404 g/mol. The van der Waals surface area contributed by atoms with E-state index in [-0.39, 0.29) is 43.0 Å². The van der Waals surface area contributed by atoms with E-state index < -0.39 is 22.5 Å². The molecule has 12 heteroatoms. The summed E-state index contributed by atoms with van der Waals surface area (Å²) in [7, 11) is -4.80. The summed E-state index contributed by atoms with van der Waals surface area (Å²) in [6, 6.07) is -1.58. The van der Waals surface area contributed by atoms with Crippen molar-refractivity contribution in [2.45, 2.75) is 56.7 Å². The summed E-state index contributed by atoms with van der Waals surface area (Å²) in [4.78, 5) is 31.3. The highest BCUT2D eigenvalue weighted by Crippen LogP contribution is 2.59. The molecule has 3 amide bonds. The molecular weight excluding hydrogens is 380 g/mol. The van der Waals surface area contributed by atoms with Crippen LogP contribution in [0.3, 0.4) is 0 Å². The van der Waals surface area contributed by atoms with E-state index in [1.54, 1.807) is 0 Å². The first-order valence-corrected chi connectivity index (χ1v) is 10.5. The van der Waals surface area contributed by atoms with Crippen LogP contribution in [0, 0.1) is 11.3 Å². The third-order valence-corrected chi connectivity index (χ3v) is 6.40. The fraction of sp³-hybridized carbons (Fsp3) is 0.867. The van der Waals surface area contributed by atoms with Gasteiger partial charge in [-0.05, 0) is 43.4 Å². The van der Waals surface area contributed by atoms with Crippen molar-refractivity contribution < 1.29 is 31.7 Å². The number of urea groups is 1. The summed E-state index contributed by atoms with van der Waals surface area (Å²) < 4.78 is 35.6. The van der Waals surface area contributed by atoms with Crippen LogP contribution in [-0.4, -0.2) is 66.1 Å². The number of carbonyl (C=O) groups excluding carboxylic acids is 2. The van der Waals surface area contributed by atoms with E-state index in [2.05, 4.69) is 9.76 Å². The van der Waals surface area contributed by atoms with Crippen molar-refractivity contribution in [2.24, 2.45) is 17.1 Å².